The summed E-state index contributed by atoms with van der Waals surface area (Å²) in [5, 5.41) is 0. The highest BCUT2D eigenvalue weighted by Crippen LogP contribution is 2.38. The third kappa shape index (κ3) is 1.32. The quantitative estimate of drug-likeness (QED) is 0.616. The third-order valence-corrected chi connectivity index (χ3v) is 3.80. The highest BCUT2D eigenvalue weighted by atomic mass is 16.1. The van der Waals surface area contributed by atoms with Crippen molar-refractivity contribution in [2.45, 2.75) is 51.0 Å². The zero-order valence-electron chi connectivity index (χ0n) is 8.51. The van der Waals surface area contributed by atoms with Crippen LogP contribution in [0, 0.1) is 0 Å². The van der Waals surface area contributed by atoms with E-state index < -0.39 is 0 Å². The van der Waals surface area contributed by atoms with E-state index in [0.717, 1.165) is 32.4 Å². The van der Waals surface area contributed by atoms with Crippen LogP contribution in [0.3, 0.4) is 0 Å². The first-order chi connectivity index (χ1) is 6.29. The molecule has 0 amide bonds. The molecule has 1 spiro atoms. The molecule has 0 atom stereocenters. The second-order valence-corrected chi connectivity index (χ2v) is 4.35. The summed E-state index contributed by atoms with van der Waals surface area (Å²) in [6.45, 7) is 4.23. The standard InChI is InChI=1S/C11H19NO/c1-2-12-9-6-10(13)11(12)7-4-3-5-8-11/h2-9H2,1H3. The highest BCUT2D eigenvalue weighted by Gasteiger charge is 2.47. The van der Waals surface area contributed by atoms with Crippen molar-refractivity contribution in [3.63, 3.8) is 0 Å². The summed E-state index contributed by atoms with van der Waals surface area (Å²) in [6.07, 6.45) is 6.88. The van der Waals surface area contributed by atoms with Gasteiger partial charge in [0, 0.05) is 13.0 Å². The van der Waals surface area contributed by atoms with Gasteiger partial charge in [-0.2, -0.15) is 0 Å². The van der Waals surface area contributed by atoms with E-state index in [1.165, 1.54) is 19.3 Å². The van der Waals surface area contributed by atoms with Gasteiger partial charge in [0.1, 0.15) is 0 Å². The summed E-state index contributed by atoms with van der Waals surface area (Å²) in [5.74, 6) is 0.522. The molecule has 0 unspecified atom stereocenters. The minimum absolute atomic E-state index is 0.00694. The lowest BCUT2D eigenvalue weighted by atomic mass is 9.79. The van der Waals surface area contributed by atoms with Gasteiger partial charge in [0.2, 0.25) is 0 Å². The Hall–Kier alpha value is -0.370. The third-order valence-electron chi connectivity index (χ3n) is 3.80. The van der Waals surface area contributed by atoms with Crippen molar-refractivity contribution in [1.82, 2.24) is 4.90 Å². The van der Waals surface area contributed by atoms with Crippen molar-refractivity contribution >= 4 is 5.78 Å². The van der Waals surface area contributed by atoms with E-state index in [1.807, 2.05) is 0 Å². The summed E-state index contributed by atoms with van der Waals surface area (Å²) in [4.78, 5) is 14.3. The highest BCUT2D eigenvalue weighted by molar-refractivity contribution is 5.90. The maximum atomic E-state index is 11.9. The zero-order valence-corrected chi connectivity index (χ0v) is 8.51. The molecule has 2 nitrogen and oxygen atoms in total. The summed E-state index contributed by atoms with van der Waals surface area (Å²) in [7, 11) is 0. The summed E-state index contributed by atoms with van der Waals surface area (Å²) in [5.41, 5.74) is -0.00694. The maximum Gasteiger partial charge on any atom is 0.154 e. The summed E-state index contributed by atoms with van der Waals surface area (Å²) < 4.78 is 0. The van der Waals surface area contributed by atoms with Crippen LogP contribution in [0.4, 0.5) is 0 Å². The summed E-state index contributed by atoms with van der Waals surface area (Å²) >= 11 is 0. The van der Waals surface area contributed by atoms with E-state index in [-0.39, 0.29) is 5.54 Å². The molecule has 1 saturated carbocycles. The fourth-order valence-corrected chi connectivity index (χ4v) is 3.05. The summed E-state index contributed by atoms with van der Waals surface area (Å²) in [6, 6.07) is 0. The van der Waals surface area contributed by atoms with Gasteiger partial charge in [-0.25, -0.2) is 0 Å². The van der Waals surface area contributed by atoms with Crippen LogP contribution in [0.5, 0.6) is 0 Å². The fourth-order valence-electron chi connectivity index (χ4n) is 3.05. The van der Waals surface area contributed by atoms with Crippen LogP contribution in [0.15, 0.2) is 0 Å². The van der Waals surface area contributed by atoms with Crippen LogP contribution < -0.4 is 0 Å². The number of likely N-dealkylation sites (tertiary alicyclic amines) is 1. The van der Waals surface area contributed by atoms with Crippen molar-refractivity contribution in [3.8, 4) is 0 Å². The molecule has 0 aromatic rings. The van der Waals surface area contributed by atoms with E-state index in [2.05, 4.69) is 11.8 Å². The number of nitrogens with zero attached hydrogens (tertiary/aromatic N) is 1. The number of hydrogen-bond donors (Lipinski definition) is 0. The van der Waals surface area contributed by atoms with Gasteiger partial charge in [0.25, 0.3) is 0 Å². The Morgan fingerprint density at radius 2 is 2.00 bits per heavy atom. The molecule has 0 aromatic heterocycles. The maximum absolute atomic E-state index is 11.9. The minimum atomic E-state index is -0.00694. The van der Waals surface area contributed by atoms with Crippen molar-refractivity contribution < 1.29 is 4.79 Å². The Balaban J connectivity index is 2.19. The second kappa shape index (κ2) is 3.41. The lowest BCUT2D eigenvalue weighted by molar-refractivity contribution is -0.126. The Morgan fingerprint density at radius 3 is 2.62 bits per heavy atom. The number of Topliss-reactive ketones (excluding diaryl/α,β-unsaturated/α-hetero) is 1. The van der Waals surface area contributed by atoms with Gasteiger partial charge in [0.15, 0.2) is 5.78 Å². The Kier molecular flexibility index (Phi) is 2.41. The van der Waals surface area contributed by atoms with E-state index in [0.29, 0.717) is 5.78 Å². The molecule has 1 aliphatic heterocycles. The van der Waals surface area contributed by atoms with E-state index in [1.54, 1.807) is 0 Å². The molecule has 2 fully saturated rings. The van der Waals surface area contributed by atoms with Crippen LogP contribution in [0.1, 0.15) is 45.4 Å². The van der Waals surface area contributed by atoms with E-state index in [9.17, 15) is 4.79 Å². The molecule has 0 radical (unpaired) electrons. The van der Waals surface area contributed by atoms with E-state index >= 15 is 0 Å². The molecule has 13 heavy (non-hydrogen) atoms. The Labute approximate surface area is 80.3 Å². The first-order valence-electron chi connectivity index (χ1n) is 5.58. The average Bonchev–Trinajstić information content (AvgIpc) is 2.46. The molecule has 0 bridgehead atoms. The Morgan fingerprint density at radius 1 is 1.31 bits per heavy atom. The molecule has 2 heteroatoms. The second-order valence-electron chi connectivity index (χ2n) is 4.35. The molecular weight excluding hydrogens is 162 g/mol. The van der Waals surface area contributed by atoms with Gasteiger partial charge in [-0.1, -0.05) is 26.2 Å². The van der Waals surface area contributed by atoms with E-state index in [4.69, 9.17) is 0 Å². The minimum Gasteiger partial charge on any atom is -0.298 e. The molecule has 0 aromatic carbocycles. The lowest BCUT2D eigenvalue weighted by Crippen LogP contribution is -2.49. The van der Waals surface area contributed by atoms with Gasteiger partial charge in [-0.05, 0) is 19.4 Å². The molecule has 1 heterocycles. The lowest BCUT2D eigenvalue weighted by Gasteiger charge is -2.39. The first-order valence-corrected chi connectivity index (χ1v) is 5.58. The van der Waals surface area contributed by atoms with Gasteiger partial charge >= 0.3 is 0 Å². The monoisotopic (exact) mass is 181 g/mol. The van der Waals surface area contributed by atoms with Crippen LogP contribution in [-0.2, 0) is 4.79 Å². The molecule has 1 saturated heterocycles. The van der Waals surface area contributed by atoms with Crippen molar-refractivity contribution in [2.24, 2.45) is 0 Å². The predicted molar refractivity (Wildman–Crippen MR) is 52.7 cm³/mol. The smallest absolute Gasteiger partial charge is 0.154 e. The number of carbonyl (C=O) groups is 1. The van der Waals surface area contributed by atoms with Crippen LogP contribution in [0.25, 0.3) is 0 Å². The molecule has 0 N–H and O–H groups in total. The zero-order chi connectivity index (χ0) is 9.31. The number of hydrogen-bond acceptors (Lipinski definition) is 2. The van der Waals surface area contributed by atoms with Crippen LogP contribution >= 0.6 is 0 Å². The average molecular weight is 181 g/mol. The molecule has 2 rings (SSSR count). The molecule has 1 aliphatic carbocycles. The van der Waals surface area contributed by atoms with Gasteiger partial charge in [0.05, 0.1) is 5.54 Å². The normalized spacial score (nSPS) is 28.5. The number of carbonyl (C=O) groups excluding carboxylic acids is 1. The van der Waals surface area contributed by atoms with Crippen molar-refractivity contribution in [2.75, 3.05) is 13.1 Å². The SMILES string of the molecule is CCN1CCC(=O)C12CCCCC2. The van der Waals surface area contributed by atoms with Crippen molar-refractivity contribution in [1.29, 1.82) is 0 Å². The molecule has 2 aliphatic rings. The van der Waals surface area contributed by atoms with Gasteiger partial charge in [-0.15, -0.1) is 0 Å². The van der Waals surface area contributed by atoms with Gasteiger partial charge < -0.3 is 0 Å². The van der Waals surface area contributed by atoms with Crippen LogP contribution in [0.2, 0.25) is 0 Å². The predicted octanol–water partition coefficient (Wildman–Crippen LogP) is 1.98. The fraction of sp³-hybridized carbons (Fsp3) is 0.909. The molecular formula is C11H19NO. The number of ketones is 1. The van der Waals surface area contributed by atoms with Crippen LogP contribution in [-0.4, -0.2) is 29.3 Å². The largest absolute Gasteiger partial charge is 0.298 e. The Bertz CT molecular complexity index is 206. The number of likely N-dealkylation sites (N-methyl/N-ethyl adjacent to an activating group) is 1. The van der Waals surface area contributed by atoms with Crippen molar-refractivity contribution in [3.05, 3.63) is 0 Å². The number of rotatable bonds is 1. The topological polar surface area (TPSA) is 20.3 Å². The first kappa shape index (κ1) is 9.20. The molecule has 74 valence electrons. The van der Waals surface area contributed by atoms with Gasteiger partial charge in [-0.3, -0.25) is 9.69 Å².